The molecule has 1 N–H and O–H groups in total. The molecule has 2 rings (SSSR count). The molecule has 2 heterocycles. The molecule has 1 atom stereocenters. The largest absolute Gasteiger partial charge is 0.319 e. The van der Waals surface area contributed by atoms with Crippen LogP contribution >= 0.6 is 0 Å². The number of nitrogens with zero attached hydrogens (tertiary/aromatic N) is 3. The molecule has 0 radical (unpaired) electrons. The summed E-state index contributed by atoms with van der Waals surface area (Å²) in [5, 5.41) is 7.87. The maximum atomic E-state index is 4.60. The van der Waals surface area contributed by atoms with E-state index < -0.39 is 0 Å². The van der Waals surface area contributed by atoms with Gasteiger partial charge in [0.05, 0.1) is 5.69 Å². The van der Waals surface area contributed by atoms with Gasteiger partial charge < -0.3 is 5.32 Å². The van der Waals surface area contributed by atoms with Crippen molar-refractivity contribution >= 4 is 0 Å². The van der Waals surface area contributed by atoms with Crippen LogP contribution in [0.2, 0.25) is 0 Å². The number of aromatic nitrogens is 2. The first kappa shape index (κ1) is 12.6. The molecule has 17 heavy (non-hydrogen) atoms. The van der Waals surface area contributed by atoms with Crippen LogP contribution in [0.15, 0.2) is 12.3 Å². The van der Waals surface area contributed by atoms with Gasteiger partial charge in [-0.25, -0.2) is 0 Å². The summed E-state index contributed by atoms with van der Waals surface area (Å²) in [5.74, 6) is 0.812. The van der Waals surface area contributed by atoms with Gasteiger partial charge in [-0.15, -0.1) is 0 Å². The van der Waals surface area contributed by atoms with Crippen molar-refractivity contribution in [2.24, 2.45) is 5.92 Å². The second kappa shape index (κ2) is 5.65. The van der Waals surface area contributed by atoms with Crippen LogP contribution in [0.25, 0.3) is 0 Å². The zero-order valence-electron chi connectivity index (χ0n) is 11.2. The topological polar surface area (TPSA) is 33.1 Å². The molecule has 1 aliphatic heterocycles. The van der Waals surface area contributed by atoms with Gasteiger partial charge in [0.2, 0.25) is 0 Å². The third kappa shape index (κ3) is 3.30. The number of likely N-dealkylation sites (tertiary alicyclic amines) is 1. The van der Waals surface area contributed by atoms with Crippen molar-refractivity contribution in [2.75, 3.05) is 26.7 Å². The van der Waals surface area contributed by atoms with Crippen molar-refractivity contribution in [1.82, 2.24) is 20.0 Å². The second-order valence-corrected chi connectivity index (χ2v) is 5.33. The average Bonchev–Trinajstić information content (AvgIpc) is 2.89. The summed E-state index contributed by atoms with van der Waals surface area (Å²) in [6.07, 6.45) is 3.40. The van der Waals surface area contributed by atoms with Crippen LogP contribution in [0.4, 0.5) is 0 Å². The van der Waals surface area contributed by atoms with E-state index in [0.717, 1.165) is 19.0 Å². The van der Waals surface area contributed by atoms with Crippen LogP contribution in [-0.4, -0.2) is 41.4 Å². The highest BCUT2D eigenvalue weighted by Gasteiger charge is 2.22. The van der Waals surface area contributed by atoms with E-state index in [1.807, 2.05) is 11.7 Å². The molecule has 4 nitrogen and oxygen atoms in total. The summed E-state index contributed by atoms with van der Waals surface area (Å²) in [7, 11) is 2.03. The van der Waals surface area contributed by atoms with E-state index >= 15 is 0 Å². The summed E-state index contributed by atoms with van der Waals surface area (Å²) in [5.41, 5.74) is 1.20. The van der Waals surface area contributed by atoms with Crippen molar-refractivity contribution in [3.8, 4) is 0 Å². The molecule has 1 saturated heterocycles. The summed E-state index contributed by atoms with van der Waals surface area (Å²) in [6, 6.07) is 2.60. The van der Waals surface area contributed by atoms with Gasteiger partial charge in [0.1, 0.15) is 0 Å². The molecule has 1 unspecified atom stereocenters. The van der Waals surface area contributed by atoms with E-state index in [-0.39, 0.29) is 0 Å². The second-order valence-electron chi connectivity index (χ2n) is 5.33. The summed E-state index contributed by atoms with van der Waals surface area (Å²) in [6.45, 7) is 8.87. The number of nitrogens with one attached hydrogen (secondary N) is 1. The van der Waals surface area contributed by atoms with Crippen molar-refractivity contribution in [1.29, 1.82) is 0 Å². The standard InChI is InChI=1S/C13H24N4/c1-11(2)17-7-5-13(15-17)10-16-6-4-12(9-16)8-14-3/h5,7,11-12,14H,4,6,8-10H2,1-3H3. The fourth-order valence-electron chi connectivity index (χ4n) is 2.49. The van der Waals surface area contributed by atoms with E-state index in [9.17, 15) is 0 Å². The zero-order chi connectivity index (χ0) is 12.3. The fraction of sp³-hybridized carbons (Fsp3) is 0.769. The van der Waals surface area contributed by atoms with Crippen molar-refractivity contribution < 1.29 is 0 Å². The molecule has 1 aromatic rings. The lowest BCUT2D eigenvalue weighted by Crippen LogP contribution is -2.24. The first-order valence-corrected chi connectivity index (χ1v) is 6.60. The SMILES string of the molecule is CNCC1CCN(Cc2ccn(C(C)C)n2)C1. The van der Waals surface area contributed by atoms with E-state index in [1.54, 1.807) is 0 Å². The van der Waals surface area contributed by atoms with Crippen molar-refractivity contribution in [2.45, 2.75) is 32.9 Å². The lowest BCUT2D eigenvalue weighted by molar-refractivity contribution is 0.309. The van der Waals surface area contributed by atoms with Crippen LogP contribution < -0.4 is 5.32 Å². The Bertz CT molecular complexity index is 345. The monoisotopic (exact) mass is 236 g/mol. The molecule has 96 valence electrons. The molecule has 0 saturated carbocycles. The maximum absolute atomic E-state index is 4.60. The number of hydrogen-bond donors (Lipinski definition) is 1. The lowest BCUT2D eigenvalue weighted by Gasteiger charge is -2.14. The van der Waals surface area contributed by atoms with Gasteiger partial charge in [-0.2, -0.15) is 5.10 Å². The molecule has 1 fully saturated rings. The third-order valence-electron chi connectivity index (χ3n) is 3.44. The number of hydrogen-bond acceptors (Lipinski definition) is 3. The number of rotatable bonds is 5. The van der Waals surface area contributed by atoms with Crippen LogP contribution in [0.3, 0.4) is 0 Å². The van der Waals surface area contributed by atoms with Gasteiger partial charge in [-0.1, -0.05) is 0 Å². The molecular weight excluding hydrogens is 212 g/mol. The Kier molecular flexibility index (Phi) is 4.18. The first-order valence-electron chi connectivity index (χ1n) is 6.60. The summed E-state index contributed by atoms with van der Waals surface area (Å²) in [4.78, 5) is 2.51. The highest BCUT2D eigenvalue weighted by atomic mass is 15.3. The van der Waals surface area contributed by atoms with Gasteiger partial charge >= 0.3 is 0 Å². The Morgan fingerprint density at radius 1 is 1.53 bits per heavy atom. The Hall–Kier alpha value is -0.870. The molecular formula is C13H24N4. The predicted molar refractivity (Wildman–Crippen MR) is 69.9 cm³/mol. The normalized spacial score (nSPS) is 21.5. The fourth-order valence-corrected chi connectivity index (χ4v) is 2.49. The molecule has 0 aliphatic carbocycles. The van der Waals surface area contributed by atoms with Gasteiger partial charge in [-0.05, 0) is 52.4 Å². The van der Waals surface area contributed by atoms with E-state index in [1.165, 1.54) is 25.2 Å². The van der Waals surface area contributed by atoms with Gasteiger partial charge in [0, 0.05) is 25.3 Å². The minimum Gasteiger partial charge on any atom is -0.319 e. The van der Waals surface area contributed by atoms with Gasteiger partial charge in [-0.3, -0.25) is 9.58 Å². The van der Waals surface area contributed by atoms with E-state index in [0.29, 0.717) is 6.04 Å². The summed E-state index contributed by atoms with van der Waals surface area (Å²) >= 11 is 0. The average molecular weight is 236 g/mol. The molecule has 0 amide bonds. The Labute approximate surface area is 104 Å². The Morgan fingerprint density at radius 3 is 3.00 bits per heavy atom. The van der Waals surface area contributed by atoms with E-state index in [2.05, 4.69) is 41.4 Å². The van der Waals surface area contributed by atoms with Crippen molar-refractivity contribution in [3.63, 3.8) is 0 Å². The molecule has 4 heteroatoms. The van der Waals surface area contributed by atoms with Crippen LogP contribution in [0.1, 0.15) is 32.0 Å². The van der Waals surface area contributed by atoms with Crippen molar-refractivity contribution in [3.05, 3.63) is 18.0 Å². The minimum absolute atomic E-state index is 0.458. The highest BCUT2D eigenvalue weighted by molar-refractivity contribution is 5.00. The molecule has 0 spiro atoms. The summed E-state index contributed by atoms with van der Waals surface area (Å²) < 4.78 is 2.04. The van der Waals surface area contributed by atoms with Gasteiger partial charge in [0.25, 0.3) is 0 Å². The molecule has 1 aliphatic rings. The Morgan fingerprint density at radius 2 is 2.35 bits per heavy atom. The molecule has 0 aromatic carbocycles. The van der Waals surface area contributed by atoms with Crippen LogP contribution in [0.5, 0.6) is 0 Å². The van der Waals surface area contributed by atoms with E-state index in [4.69, 9.17) is 0 Å². The molecule has 1 aromatic heterocycles. The third-order valence-corrected chi connectivity index (χ3v) is 3.44. The van der Waals surface area contributed by atoms with Crippen LogP contribution in [0, 0.1) is 5.92 Å². The zero-order valence-corrected chi connectivity index (χ0v) is 11.2. The van der Waals surface area contributed by atoms with Crippen LogP contribution in [-0.2, 0) is 6.54 Å². The Balaban J connectivity index is 1.85. The molecule has 0 bridgehead atoms. The quantitative estimate of drug-likeness (QED) is 0.841. The smallest absolute Gasteiger partial charge is 0.0764 e. The minimum atomic E-state index is 0.458. The lowest BCUT2D eigenvalue weighted by atomic mass is 10.1. The first-order chi connectivity index (χ1) is 8.19. The highest BCUT2D eigenvalue weighted by Crippen LogP contribution is 2.17. The van der Waals surface area contributed by atoms with Gasteiger partial charge in [0.15, 0.2) is 0 Å². The predicted octanol–water partition coefficient (Wildman–Crippen LogP) is 1.51. The maximum Gasteiger partial charge on any atom is 0.0764 e.